The van der Waals surface area contributed by atoms with E-state index in [4.69, 9.17) is 4.74 Å². The van der Waals surface area contributed by atoms with Gasteiger partial charge in [0.25, 0.3) is 0 Å². The molecule has 1 rings (SSSR count). The Labute approximate surface area is 127 Å². The van der Waals surface area contributed by atoms with E-state index in [9.17, 15) is 15.0 Å². The summed E-state index contributed by atoms with van der Waals surface area (Å²) in [5, 5.41) is 22.0. The SMILES string of the molecule is CC(C)(C)OC(=O)NC(CO)C(O)c1ccc(Br)cc1. The molecule has 0 aromatic heterocycles. The summed E-state index contributed by atoms with van der Waals surface area (Å²) in [6.45, 7) is 4.83. The third-order valence-corrected chi connectivity index (χ3v) is 3.02. The minimum atomic E-state index is -1.01. The number of rotatable bonds is 4. The number of halogens is 1. The van der Waals surface area contributed by atoms with Crippen LogP contribution in [0.25, 0.3) is 0 Å². The molecule has 3 N–H and O–H groups in total. The van der Waals surface area contributed by atoms with Crippen LogP contribution in [0.15, 0.2) is 28.7 Å². The molecule has 5 nitrogen and oxygen atoms in total. The summed E-state index contributed by atoms with van der Waals surface area (Å²) in [4.78, 5) is 11.7. The van der Waals surface area contributed by atoms with Gasteiger partial charge in [-0.25, -0.2) is 4.79 Å². The molecule has 0 spiro atoms. The highest BCUT2D eigenvalue weighted by atomic mass is 79.9. The third kappa shape index (κ3) is 5.48. The van der Waals surface area contributed by atoms with E-state index in [2.05, 4.69) is 21.2 Å². The zero-order valence-corrected chi connectivity index (χ0v) is 13.3. The number of aliphatic hydroxyl groups excluding tert-OH is 2. The summed E-state index contributed by atoms with van der Waals surface area (Å²) in [5.74, 6) is 0. The Balaban J connectivity index is 2.70. The summed E-state index contributed by atoms with van der Waals surface area (Å²) < 4.78 is 5.98. The fourth-order valence-electron chi connectivity index (χ4n) is 1.58. The van der Waals surface area contributed by atoms with Crippen molar-refractivity contribution in [1.82, 2.24) is 5.32 Å². The van der Waals surface area contributed by atoms with Crippen molar-refractivity contribution in [2.75, 3.05) is 6.61 Å². The van der Waals surface area contributed by atoms with Crippen LogP contribution in [0.1, 0.15) is 32.4 Å². The second-order valence-corrected chi connectivity index (χ2v) is 6.35. The van der Waals surface area contributed by atoms with Gasteiger partial charge in [-0.05, 0) is 38.5 Å². The maximum atomic E-state index is 11.7. The number of aliphatic hydroxyl groups is 2. The quantitative estimate of drug-likeness (QED) is 0.782. The molecule has 0 bridgehead atoms. The lowest BCUT2D eigenvalue weighted by Gasteiger charge is -2.25. The van der Waals surface area contributed by atoms with Crippen molar-refractivity contribution in [3.8, 4) is 0 Å². The lowest BCUT2D eigenvalue weighted by atomic mass is 10.0. The monoisotopic (exact) mass is 345 g/mol. The Kier molecular flexibility index (Phi) is 5.98. The van der Waals surface area contributed by atoms with E-state index in [0.717, 1.165) is 4.47 Å². The second-order valence-electron chi connectivity index (χ2n) is 5.43. The molecule has 0 fully saturated rings. The van der Waals surface area contributed by atoms with Crippen molar-refractivity contribution < 1.29 is 19.7 Å². The number of benzene rings is 1. The Morgan fingerprint density at radius 1 is 1.35 bits per heavy atom. The normalized spacial score (nSPS) is 14.5. The molecule has 0 aliphatic rings. The second kappa shape index (κ2) is 7.06. The maximum Gasteiger partial charge on any atom is 0.408 e. The first-order valence-corrected chi connectivity index (χ1v) is 7.06. The molecule has 2 atom stereocenters. The number of amides is 1. The van der Waals surface area contributed by atoms with Crippen LogP contribution in [-0.4, -0.2) is 34.6 Å². The maximum absolute atomic E-state index is 11.7. The minimum absolute atomic E-state index is 0.392. The summed E-state index contributed by atoms with van der Waals surface area (Å²) >= 11 is 3.30. The molecule has 0 heterocycles. The lowest BCUT2D eigenvalue weighted by Crippen LogP contribution is -2.44. The van der Waals surface area contributed by atoms with Crippen LogP contribution in [0.4, 0.5) is 4.79 Å². The number of hydrogen-bond acceptors (Lipinski definition) is 4. The molecule has 6 heteroatoms. The topological polar surface area (TPSA) is 78.8 Å². The van der Waals surface area contributed by atoms with Crippen LogP contribution in [0, 0.1) is 0 Å². The first kappa shape index (κ1) is 16.9. The molecule has 0 saturated carbocycles. The molecule has 0 radical (unpaired) electrons. The van der Waals surface area contributed by atoms with E-state index in [0.29, 0.717) is 5.56 Å². The minimum Gasteiger partial charge on any atom is -0.444 e. The highest BCUT2D eigenvalue weighted by molar-refractivity contribution is 9.10. The van der Waals surface area contributed by atoms with Crippen LogP contribution in [0.5, 0.6) is 0 Å². The Bertz CT molecular complexity index is 441. The Hall–Kier alpha value is -1.11. The van der Waals surface area contributed by atoms with Crippen molar-refractivity contribution in [2.45, 2.75) is 38.5 Å². The zero-order valence-electron chi connectivity index (χ0n) is 11.8. The van der Waals surface area contributed by atoms with Crippen LogP contribution >= 0.6 is 15.9 Å². The Morgan fingerprint density at radius 3 is 2.35 bits per heavy atom. The van der Waals surface area contributed by atoms with Crippen molar-refractivity contribution in [1.29, 1.82) is 0 Å². The molecule has 1 aromatic carbocycles. The van der Waals surface area contributed by atoms with E-state index < -0.39 is 30.4 Å². The average Bonchev–Trinajstić information content (AvgIpc) is 2.34. The number of carbonyl (C=O) groups excluding carboxylic acids is 1. The van der Waals surface area contributed by atoms with E-state index in [-0.39, 0.29) is 0 Å². The van der Waals surface area contributed by atoms with Gasteiger partial charge in [-0.3, -0.25) is 0 Å². The van der Waals surface area contributed by atoms with E-state index in [1.807, 2.05) is 0 Å². The molecule has 0 aliphatic carbocycles. The van der Waals surface area contributed by atoms with Crippen molar-refractivity contribution in [3.05, 3.63) is 34.3 Å². The average molecular weight is 346 g/mol. The molecule has 1 amide bonds. The number of ether oxygens (including phenoxy) is 1. The highest BCUT2D eigenvalue weighted by Gasteiger charge is 2.25. The first-order valence-electron chi connectivity index (χ1n) is 6.27. The summed E-state index contributed by atoms with van der Waals surface area (Å²) in [7, 11) is 0. The summed E-state index contributed by atoms with van der Waals surface area (Å²) in [6.07, 6.45) is -1.69. The van der Waals surface area contributed by atoms with Crippen LogP contribution in [-0.2, 0) is 4.74 Å². The highest BCUT2D eigenvalue weighted by Crippen LogP contribution is 2.20. The van der Waals surface area contributed by atoms with Gasteiger partial charge in [-0.15, -0.1) is 0 Å². The van der Waals surface area contributed by atoms with Crippen LogP contribution < -0.4 is 5.32 Å². The van der Waals surface area contributed by atoms with Gasteiger partial charge in [-0.2, -0.15) is 0 Å². The van der Waals surface area contributed by atoms with E-state index >= 15 is 0 Å². The smallest absolute Gasteiger partial charge is 0.408 e. The molecular formula is C14H20BrNO4. The van der Waals surface area contributed by atoms with Crippen LogP contribution in [0.2, 0.25) is 0 Å². The fraction of sp³-hybridized carbons (Fsp3) is 0.500. The largest absolute Gasteiger partial charge is 0.444 e. The van der Waals surface area contributed by atoms with Gasteiger partial charge in [0, 0.05) is 4.47 Å². The van der Waals surface area contributed by atoms with E-state index in [1.54, 1.807) is 45.0 Å². The molecule has 20 heavy (non-hydrogen) atoms. The fourth-order valence-corrected chi connectivity index (χ4v) is 1.84. The van der Waals surface area contributed by atoms with Gasteiger partial charge in [0.05, 0.1) is 12.6 Å². The molecule has 0 aliphatic heterocycles. The zero-order chi connectivity index (χ0) is 15.3. The van der Waals surface area contributed by atoms with Crippen molar-refractivity contribution in [3.63, 3.8) is 0 Å². The molecule has 112 valence electrons. The van der Waals surface area contributed by atoms with Gasteiger partial charge in [0.15, 0.2) is 0 Å². The predicted molar refractivity (Wildman–Crippen MR) is 79.3 cm³/mol. The summed E-state index contributed by atoms with van der Waals surface area (Å²) in [6, 6.07) is 6.16. The number of alkyl carbamates (subject to hydrolysis) is 1. The molecule has 2 unspecified atom stereocenters. The third-order valence-electron chi connectivity index (χ3n) is 2.49. The standard InChI is InChI=1S/C14H20BrNO4/c1-14(2,3)20-13(19)16-11(8-17)12(18)9-4-6-10(15)7-5-9/h4-7,11-12,17-18H,8H2,1-3H3,(H,16,19). The van der Waals surface area contributed by atoms with Crippen molar-refractivity contribution in [2.24, 2.45) is 0 Å². The Morgan fingerprint density at radius 2 is 1.90 bits per heavy atom. The number of carbonyl (C=O) groups is 1. The van der Waals surface area contributed by atoms with Gasteiger partial charge in [0.1, 0.15) is 11.7 Å². The lowest BCUT2D eigenvalue weighted by molar-refractivity contribution is 0.0349. The molecule has 0 saturated heterocycles. The van der Waals surface area contributed by atoms with Gasteiger partial charge < -0.3 is 20.3 Å². The van der Waals surface area contributed by atoms with Gasteiger partial charge in [-0.1, -0.05) is 28.1 Å². The number of nitrogens with one attached hydrogen (secondary N) is 1. The molecular weight excluding hydrogens is 326 g/mol. The predicted octanol–water partition coefficient (Wildman–Crippen LogP) is 2.37. The number of hydrogen-bond donors (Lipinski definition) is 3. The van der Waals surface area contributed by atoms with E-state index in [1.165, 1.54) is 0 Å². The van der Waals surface area contributed by atoms with Gasteiger partial charge in [0.2, 0.25) is 0 Å². The first-order chi connectivity index (χ1) is 9.23. The molecule has 1 aromatic rings. The van der Waals surface area contributed by atoms with Crippen molar-refractivity contribution >= 4 is 22.0 Å². The van der Waals surface area contributed by atoms with Crippen LogP contribution in [0.3, 0.4) is 0 Å². The van der Waals surface area contributed by atoms with Gasteiger partial charge >= 0.3 is 6.09 Å². The summed E-state index contributed by atoms with van der Waals surface area (Å²) in [5.41, 5.74) is -0.0320.